The van der Waals surface area contributed by atoms with Crippen molar-refractivity contribution in [3.05, 3.63) is 11.6 Å². The molecule has 8 nitrogen and oxygen atoms in total. The first-order valence-electron chi connectivity index (χ1n) is 11.6. The molecule has 1 spiro atoms. The van der Waals surface area contributed by atoms with Crippen LogP contribution in [0.2, 0.25) is 0 Å². The first-order valence-corrected chi connectivity index (χ1v) is 12.9. The summed E-state index contributed by atoms with van der Waals surface area (Å²) in [6, 6.07) is 0. The van der Waals surface area contributed by atoms with Crippen LogP contribution in [-0.4, -0.2) is 43.8 Å². The molecule has 0 aromatic carbocycles. The quantitative estimate of drug-likeness (QED) is 0.496. The van der Waals surface area contributed by atoms with Crippen molar-refractivity contribution in [3.8, 4) is 0 Å². The smallest absolute Gasteiger partial charge is 0.405 e. The molecule has 9 heteroatoms. The fraction of sp³-hybridized carbons (Fsp3) is 0.826. The van der Waals surface area contributed by atoms with Gasteiger partial charge in [-0.15, -0.1) is 0 Å². The second-order valence-corrected chi connectivity index (χ2v) is 12.0. The third-order valence-corrected chi connectivity index (χ3v) is 10.5. The van der Waals surface area contributed by atoms with Gasteiger partial charge in [-0.3, -0.25) is 9.59 Å². The Morgan fingerprint density at radius 1 is 1.19 bits per heavy atom. The van der Waals surface area contributed by atoms with Crippen LogP contribution in [0.25, 0.3) is 0 Å². The minimum absolute atomic E-state index is 0.00378. The Hall–Kier alpha value is -1.29. The highest BCUT2D eigenvalue weighted by Gasteiger charge is 2.72. The lowest BCUT2D eigenvalue weighted by Crippen LogP contribution is -2.69. The normalized spacial score (nSPS) is 45.6. The van der Waals surface area contributed by atoms with Crippen LogP contribution in [0, 0.1) is 34.5 Å². The van der Waals surface area contributed by atoms with Gasteiger partial charge in [0.05, 0.1) is 6.10 Å². The lowest BCUT2D eigenvalue weighted by molar-refractivity contribution is -0.294. The second-order valence-electron chi connectivity index (χ2n) is 10.9. The number of carbonyl (C=O) groups excluding carboxylic acids is 2. The third-order valence-electron chi connectivity index (χ3n) is 9.51. The molecule has 1 saturated heterocycles. The summed E-state index contributed by atoms with van der Waals surface area (Å²) >= 11 is 0. The third kappa shape index (κ3) is 3.00. The highest BCUT2D eigenvalue weighted by atomic mass is 32.3. The fourth-order valence-electron chi connectivity index (χ4n) is 8.11. The molecule has 1 N–H and O–H groups in total. The van der Waals surface area contributed by atoms with Crippen LogP contribution in [0.5, 0.6) is 0 Å². The number of aliphatic hydroxyl groups excluding tert-OH is 1. The van der Waals surface area contributed by atoms with Gasteiger partial charge in [-0.05, 0) is 61.7 Å². The van der Waals surface area contributed by atoms with Gasteiger partial charge in [0.15, 0.2) is 5.78 Å². The van der Waals surface area contributed by atoms with Crippen molar-refractivity contribution in [2.45, 2.75) is 77.6 Å². The molecule has 4 fully saturated rings. The van der Waals surface area contributed by atoms with Crippen LogP contribution in [0.1, 0.15) is 65.7 Å². The molecule has 3 saturated carbocycles. The van der Waals surface area contributed by atoms with Crippen LogP contribution >= 0.6 is 0 Å². The molecule has 5 aliphatic rings. The number of ketones is 1. The van der Waals surface area contributed by atoms with Crippen molar-refractivity contribution in [2.24, 2.45) is 34.5 Å². The predicted octanol–water partition coefficient (Wildman–Crippen LogP) is 2.66. The fourth-order valence-corrected chi connectivity index (χ4v) is 9.27. The van der Waals surface area contributed by atoms with Gasteiger partial charge in [-0.25, -0.2) is 8.37 Å². The summed E-state index contributed by atoms with van der Waals surface area (Å²) in [7, 11) is -4.03. The van der Waals surface area contributed by atoms with Gasteiger partial charge in [0, 0.05) is 24.7 Å². The molecule has 1 heterocycles. The minimum Gasteiger partial charge on any atom is -0.458 e. The maximum absolute atomic E-state index is 12.9. The number of aliphatic hydroxyl groups is 1. The molecule has 32 heavy (non-hydrogen) atoms. The molecule has 5 rings (SSSR count). The van der Waals surface area contributed by atoms with Gasteiger partial charge >= 0.3 is 16.4 Å². The summed E-state index contributed by atoms with van der Waals surface area (Å²) in [5.74, 6) is -1.21. The van der Waals surface area contributed by atoms with E-state index in [9.17, 15) is 23.1 Å². The Bertz CT molecular complexity index is 974. The van der Waals surface area contributed by atoms with Gasteiger partial charge < -0.3 is 9.84 Å². The van der Waals surface area contributed by atoms with E-state index in [2.05, 4.69) is 13.0 Å². The molecule has 178 valence electrons. The number of hydrogen-bond acceptors (Lipinski definition) is 8. The lowest BCUT2D eigenvalue weighted by atomic mass is 9.46. The molecular weight excluding hydrogens is 436 g/mol. The molecule has 0 bridgehead atoms. The van der Waals surface area contributed by atoms with Crippen molar-refractivity contribution in [3.63, 3.8) is 0 Å². The number of allylic oxidation sites excluding steroid dienone is 1. The van der Waals surface area contributed by atoms with E-state index in [-0.39, 0.29) is 42.0 Å². The number of fused-ring (bicyclic) bond motifs is 6. The molecule has 1 aliphatic heterocycles. The zero-order valence-corrected chi connectivity index (χ0v) is 19.7. The molecule has 4 aliphatic carbocycles. The Balaban J connectivity index is 1.45. The van der Waals surface area contributed by atoms with Gasteiger partial charge in [-0.1, -0.05) is 25.5 Å². The number of hydrogen-bond donors (Lipinski definition) is 1. The maximum atomic E-state index is 12.9. The van der Waals surface area contributed by atoms with E-state index in [1.807, 2.05) is 6.92 Å². The van der Waals surface area contributed by atoms with E-state index in [1.54, 1.807) is 0 Å². The summed E-state index contributed by atoms with van der Waals surface area (Å²) in [6.07, 6.45) is 6.29. The summed E-state index contributed by atoms with van der Waals surface area (Å²) in [5.41, 5.74) is 0.215. The van der Waals surface area contributed by atoms with E-state index < -0.39 is 33.7 Å². The summed E-state index contributed by atoms with van der Waals surface area (Å²) in [6.45, 7) is 5.38. The summed E-state index contributed by atoms with van der Waals surface area (Å²) in [5, 5.41) is 10.4. The van der Waals surface area contributed by atoms with Gasteiger partial charge in [0.25, 0.3) is 0 Å². The SMILES string of the molecule is CC(=O)OCC(=O)[C@H]1CCC2C3CC=C4C[C@H](O)CC5(OS(=O)(=O)O5)[C@]4(C)C3CC[C@@]21C. The summed E-state index contributed by atoms with van der Waals surface area (Å²) in [4.78, 5) is 24.1. The number of Topliss-reactive ketones (excluding diaryl/α,β-unsaturated/α-hetero) is 1. The lowest BCUT2D eigenvalue weighted by Gasteiger charge is -2.64. The number of esters is 1. The van der Waals surface area contributed by atoms with E-state index in [0.29, 0.717) is 12.3 Å². The topological polar surface area (TPSA) is 116 Å². The van der Waals surface area contributed by atoms with Crippen LogP contribution in [0.3, 0.4) is 0 Å². The molecule has 7 atom stereocenters. The van der Waals surface area contributed by atoms with Crippen molar-refractivity contribution < 1.29 is 36.2 Å². The Morgan fingerprint density at radius 3 is 2.56 bits per heavy atom. The molecular formula is C23H32O8S. The Labute approximate surface area is 189 Å². The van der Waals surface area contributed by atoms with E-state index in [1.165, 1.54) is 6.92 Å². The number of rotatable bonds is 3. The zero-order valence-electron chi connectivity index (χ0n) is 18.8. The van der Waals surface area contributed by atoms with Crippen molar-refractivity contribution in [2.75, 3.05) is 6.61 Å². The van der Waals surface area contributed by atoms with E-state index >= 15 is 0 Å². The zero-order chi connectivity index (χ0) is 23.1. The average molecular weight is 469 g/mol. The Morgan fingerprint density at radius 2 is 1.91 bits per heavy atom. The highest BCUT2D eigenvalue weighted by Crippen LogP contribution is 2.70. The largest absolute Gasteiger partial charge is 0.458 e. The van der Waals surface area contributed by atoms with Crippen LogP contribution < -0.4 is 0 Å². The standard InChI is InChI=1S/C23H32O8S/c1-13(24)29-12-20(26)19-7-6-17-16-5-4-14-10-15(25)11-23(30-32(27,28)31-23)22(14,3)18(16)8-9-21(17,19)2/h4,15-19,25H,5-12H2,1-3H3/t15-,16?,17?,18?,19+,21-,22-/m0/s1. The van der Waals surface area contributed by atoms with Crippen molar-refractivity contribution >= 4 is 22.2 Å². The van der Waals surface area contributed by atoms with Crippen molar-refractivity contribution in [1.29, 1.82) is 0 Å². The van der Waals surface area contributed by atoms with Crippen LogP contribution in [-0.2, 0) is 33.1 Å². The summed E-state index contributed by atoms with van der Waals surface area (Å²) < 4.78 is 39.7. The predicted molar refractivity (Wildman–Crippen MR) is 112 cm³/mol. The van der Waals surface area contributed by atoms with E-state index in [4.69, 9.17) is 13.1 Å². The van der Waals surface area contributed by atoms with Crippen LogP contribution in [0.4, 0.5) is 0 Å². The number of carbonyl (C=O) groups is 2. The monoisotopic (exact) mass is 468 g/mol. The second kappa shape index (κ2) is 7.10. The van der Waals surface area contributed by atoms with Gasteiger partial charge in [-0.2, -0.15) is 8.42 Å². The first-order chi connectivity index (χ1) is 14.9. The molecule has 0 amide bonds. The van der Waals surface area contributed by atoms with E-state index in [0.717, 1.165) is 37.7 Å². The average Bonchev–Trinajstić information content (AvgIpc) is 3.03. The maximum Gasteiger partial charge on any atom is 0.405 e. The van der Waals surface area contributed by atoms with Gasteiger partial charge in [0.1, 0.15) is 6.61 Å². The minimum atomic E-state index is -4.03. The molecule has 3 unspecified atom stereocenters. The van der Waals surface area contributed by atoms with Crippen LogP contribution in [0.15, 0.2) is 11.6 Å². The Kier molecular flexibility index (Phi) is 5.00. The molecule has 0 aromatic rings. The molecule has 0 aromatic heterocycles. The highest BCUT2D eigenvalue weighted by molar-refractivity contribution is 7.82. The molecule has 0 radical (unpaired) electrons. The van der Waals surface area contributed by atoms with Crippen molar-refractivity contribution in [1.82, 2.24) is 0 Å². The number of ether oxygens (including phenoxy) is 1. The first kappa shape index (κ1) is 22.5. The van der Waals surface area contributed by atoms with Gasteiger partial charge in [0.2, 0.25) is 5.79 Å².